The molecule has 0 saturated heterocycles. The van der Waals surface area contributed by atoms with Gasteiger partial charge in [0.2, 0.25) is 6.41 Å². The molecule has 2 heterocycles. The summed E-state index contributed by atoms with van der Waals surface area (Å²) < 4.78 is 0. The molecule has 1 N–H and O–H groups in total. The molecule has 15 heavy (non-hydrogen) atoms. The van der Waals surface area contributed by atoms with Gasteiger partial charge in [0, 0.05) is 0 Å². The minimum atomic E-state index is 0.359. The molecular weight excluding hydrogens is 218 g/mol. The maximum atomic E-state index is 10.2. The molecule has 0 atom stereocenters. The lowest BCUT2D eigenvalue weighted by molar-refractivity contribution is -0.105. The average Bonchev–Trinajstić information content (AvgIpc) is 2.71. The zero-order chi connectivity index (χ0) is 10.7. The summed E-state index contributed by atoms with van der Waals surface area (Å²) in [5.74, 6) is 0.415. The van der Waals surface area contributed by atoms with Gasteiger partial charge in [-0.1, -0.05) is 11.6 Å². The van der Waals surface area contributed by atoms with Crippen LogP contribution >= 0.6 is 11.6 Å². The van der Waals surface area contributed by atoms with Crippen LogP contribution in [0.1, 0.15) is 0 Å². The zero-order valence-corrected chi connectivity index (χ0v) is 8.22. The topological polar surface area (TPSA) is 72.7 Å². The molecule has 0 aliphatic carbocycles. The molecule has 2 aromatic rings. The predicted molar refractivity (Wildman–Crippen MR) is 53.9 cm³/mol. The molecule has 0 radical (unpaired) electrons. The fourth-order valence-electron chi connectivity index (χ4n) is 1.05. The van der Waals surface area contributed by atoms with Gasteiger partial charge in [-0.05, 0) is 6.07 Å². The third-order valence-corrected chi connectivity index (χ3v) is 1.93. The molecule has 0 aromatic carbocycles. The SMILES string of the molecule is O=CNc1cnc(-n2nccn2)c(Cl)c1. The first-order valence-electron chi connectivity index (χ1n) is 4.03. The molecule has 0 saturated carbocycles. The fraction of sp³-hybridized carbons (Fsp3) is 0. The van der Waals surface area contributed by atoms with Gasteiger partial charge in [0.05, 0.1) is 29.3 Å². The highest BCUT2D eigenvalue weighted by Gasteiger charge is 2.06. The lowest BCUT2D eigenvalue weighted by Crippen LogP contribution is -2.03. The number of hydrogen-bond donors (Lipinski definition) is 1. The number of anilines is 1. The summed E-state index contributed by atoms with van der Waals surface area (Å²) in [7, 11) is 0. The average molecular weight is 224 g/mol. The third kappa shape index (κ3) is 1.94. The quantitative estimate of drug-likeness (QED) is 0.785. The van der Waals surface area contributed by atoms with Crippen molar-refractivity contribution in [2.75, 3.05) is 5.32 Å². The molecule has 0 spiro atoms. The first-order chi connectivity index (χ1) is 7.31. The molecule has 0 unspecified atom stereocenters. The predicted octanol–water partition coefficient (Wildman–Crippen LogP) is 0.884. The van der Waals surface area contributed by atoms with Gasteiger partial charge in [0.1, 0.15) is 0 Å². The number of hydrogen-bond acceptors (Lipinski definition) is 4. The summed E-state index contributed by atoms with van der Waals surface area (Å²) in [6.45, 7) is 0. The minimum Gasteiger partial charge on any atom is -0.327 e. The van der Waals surface area contributed by atoms with Crippen molar-refractivity contribution in [2.45, 2.75) is 0 Å². The standard InChI is InChI=1S/C8H6ClN5O/c9-7-3-6(11-5-15)4-10-8(7)14-12-1-2-13-14/h1-5H,(H,11,15). The van der Waals surface area contributed by atoms with E-state index in [0.29, 0.717) is 22.9 Å². The van der Waals surface area contributed by atoms with Crippen LogP contribution < -0.4 is 5.32 Å². The van der Waals surface area contributed by atoms with Gasteiger partial charge in [-0.15, -0.1) is 4.80 Å². The van der Waals surface area contributed by atoms with Crippen LogP contribution in [0.2, 0.25) is 5.02 Å². The highest BCUT2D eigenvalue weighted by Crippen LogP contribution is 2.19. The van der Waals surface area contributed by atoms with Crippen molar-refractivity contribution >= 4 is 23.7 Å². The van der Waals surface area contributed by atoms with E-state index in [1.165, 1.54) is 23.4 Å². The maximum Gasteiger partial charge on any atom is 0.211 e. The van der Waals surface area contributed by atoms with Crippen molar-refractivity contribution in [1.29, 1.82) is 0 Å². The summed E-state index contributed by atoms with van der Waals surface area (Å²) in [6.07, 6.45) is 5.07. The van der Waals surface area contributed by atoms with Crippen LogP contribution in [0.15, 0.2) is 24.7 Å². The molecule has 7 heteroatoms. The Morgan fingerprint density at radius 3 is 2.73 bits per heavy atom. The molecule has 0 aliphatic rings. The number of halogens is 1. The number of nitrogens with one attached hydrogen (secondary N) is 1. The molecule has 0 fully saturated rings. The van der Waals surface area contributed by atoms with Crippen molar-refractivity contribution in [2.24, 2.45) is 0 Å². The Morgan fingerprint density at radius 2 is 2.13 bits per heavy atom. The normalized spacial score (nSPS) is 9.93. The Kier molecular flexibility index (Phi) is 2.59. The number of rotatable bonds is 3. The van der Waals surface area contributed by atoms with E-state index in [2.05, 4.69) is 20.5 Å². The summed E-state index contributed by atoms with van der Waals surface area (Å²) in [5.41, 5.74) is 0.519. The van der Waals surface area contributed by atoms with E-state index in [1.54, 1.807) is 6.07 Å². The van der Waals surface area contributed by atoms with Gasteiger partial charge in [0.15, 0.2) is 5.82 Å². The van der Waals surface area contributed by atoms with E-state index in [1.807, 2.05) is 0 Å². The highest BCUT2D eigenvalue weighted by molar-refractivity contribution is 6.32. The molecule has 1 amide bonds. The van der Waals surface area contributed by atoms with Crippen molar-refractivity contribution in [3.63, 3.8) is 0 Å². The Morgan fingerprint density at radius 1 is 1.40 bits per heavy atom. The molecule has 0 bridgehead atoms. The maximum absolute atomic E-state index is 10.2. The van der Waals surface area contributed by atoms with E-state index in [-0.39, 0.29) is 0 Å². The van der Waals surface area contributed by atoms with Crippen LogP contribution in [0.25, 0.3) is 5.82 Å². The van der Waals surface area contributed by atoms with Gasteiger partial charge >= 0.3 is 0 Å². The zero-order valence-electron chi connectivity index (χ0n) is 7.46. The number of pyridine rings is 1. The summed E-state index contributed by atoms with van der Waals surface area (Å²) in [5, 5.41) is 10.6. The number of carbonyl (C=O) groups excluding carboxylic acids is 1. The third-order valence-electron chi connectivity index (χ3n) is 1.66. The van der Waals surface area contributed by atoms with Crippen LogP contribution in [0.3, 0.4) is 0 Å². The largest absolute Gasteiger partial charge is 0.327 e. The second-order valence-electron chi connectivity index (χ2n) is 2.61. The smallest absolute Gasteiger partial charge is 0.211 e. The van der Waals surface area contributed by atoms with Gasteiger partial charge in [-0.2, -0.15) is 10.2 Å². The fourth-order valence-corrected chi connectivity index (χ4v) is 1.29. The van der Waals surface area contributed by atoms with Gasteiger partial charge in [-0.3, -0.25) is 4.79 Å². The van der Waals surface area contributed by atoms with Crippen LogP contribution in [-0.2, 0) is 4.79 Å². The number of amides is 1. The molecule has 2 rings (SSSR count). The van der Waals surface area contributed by atoms with Gasteiger partial charge in [0.25, 0.3) is 0 Å². The van der Waals surface area contributed by atoms with Crippen molar-refractivity contribution < 1.29 is 4.79 Å². The van der Waals surface area contributed by atoms with Crippen LogP contribution in [0.5, 0.6) is 0 Å². The highest BCUT2D eigenvalue weighted by atomic mass is 35.5. The second kappa shape index (κ2) is 4.05. The molecule has 76 valence electrons. The van der Waals surface area contributed by atoms with Gasteiger partial charge < -0.3 is 5.32 Å². The van der Waals surface area contributed by atoms with E-state index in [4.69, 9.17) is 11.6 Å². The van der Waals surface area contributed by atoms with Crippen molar-refractivity contribution in [3.05, 3.63) is 29.7 Å². The Labute approximate surface area is 89.9 Å². The second-order valence-corrected chi connectivity index (χ2v) is 3.02. The Bertz CT molecular complexity index is 470. The van der Waals surface area contributed by atoms with Crippen LogP contribution in [-0.4, -0.2) is 26.4 Å². The van der Waals surface area contributed by atoms with E-state index >= 15 is 0 Å². The first kappa shape index (κ1) is 9.60. The number of carbonyl (C=O) groups is 1. The Hall–Kier alpha value is -1.95. The monoisotopic (exact) mass is 223 g/mol. The van der Waals surface area contributed by atoms with Crippen LogP contribution in [0.4, 0.5) is 5.69 Å². The lowest BCUT2D eigenvalue weighted by Gasteiger charge is -2.03. The van der Waals surface area contributed by atoms with E-state index in [0.717, 1.165) is 0 Å². The number of aromatic nitrogens is 4. The van der Waals surface area contributed by atoms with Crippen LogP contribution in [0, 0.1) is 0 Å². The van der Waals surface area contributed by atoms with E-state index < -0.39 is 0 Å². The molecule has 0 aliphatic heterocycles. The Balaban J connectivity index is 2.39. The summed E-state index contributed by atoms with van der Waals surface area (Å²) in [4.78, 5) is 15.5. The van der Waals surface area contributed by atoms with Crippen molar-refractivity contribution in [3.8, 4) is 5.82 Å². The van der Waals surface area contributed by atoms with Gasteiger partial charge in [-0.25, -0.2) is 4.98 Å². The lowest BCUT2D eigenvalue weighted by atomic mass is 10.4. The summed E-state index contributed by atoms with van der Waals surface area (Å²) in [6, 6.07) is 1.57. The molecule has 2 aromatic heterocycles. The minimum absolute atomic E-state index is 0.359. The molecule has 6 nitrogen and oxygen atoms in total. The first-order valence-corrected chi connectivity index (χ1v) is 4.41. The summed E-state index contributed by atoms with van der Waals surface area (Å²) >= 11 is 5.94. The molecular formula is C8H6ClN5O. The van der Waals surface area contributed by atoms with E-state index in [9.17, 15) is 4.79 Å². The van der Waals surface area contributed by atoms with Crippen molar-refractivity contribution in [1.82, 2.24) is 20.0 Å². The number of nitrogens with zero attached hydrogens (tertiary/aromatic N) is 4.